The van der Waals surface area contributed by atoms with Crippen molar-refractivity contribution >= 4 is 11.8 Å². The molecule has 0 aliphatic heterocycles. The molecule has 0 aromatic carbocycles. The van der Waals surface area contributed by atoms with Crippen LogP contribution in [0.5, 0.6) is 0 Å². The first-order valence-corrected chi connectivity index (χ1v) is 9.32. The Hall–Kier alpha value is -3.23. The lowest BCUT2D eigenvalue weighted by Crippen LogP contribution is -2.32. The second-order valence-electron chi connectivity index (χ2n) is 7.23. The molecule has 1 fully saturated rings. The fraction of sp³-hybridized carbons (Fsp3) is 0.421. The van der Waals surface area contributed by atoms with Crippen LogP contribution in [0.1, 0.15) is 37.4 Å². The molecule has 0 bridgehead atoms. The summed E-state index contributed by atoms with van der Waals surface area (Å²) in [5.41, 5.74) is 1.64. The van der Waals surface area contributed by atoms with Gasteiger partial charge in [0.25, 0.3) is 0 Å². The highest BCUT2D eigenvalue weighted by Gasteiger charge is 2.31. The van der Waals surface area contributed by atoms with Gasteiger partial charge in [0.05, 0.1) is 11.7 Å². The van der Waals surface area contributed by atoms with Gasteiger partial charge in [-0.25, -0.2) is 9.48 Å². The van der Waals surface area contributed by atoms with Gasteiger partial charge in [-0.3, -0.25) is 10.3 Å². The summed E-state index contributed by atoms with van der Waals surface area (Å²) in [5.74, 6) is 2.14. The molecule has 3 aromatic rings. The highest BCUT2D eigenvalue weighted by atomic mass is 16.5. The maximum absolute atomic E-state index is 12.6. The Morgan fingerprint density at radius 2 is 2.29 bits per heavy atom. The summed E-state index contributed by atoms with van der Waals surface area (Å²) in [4.78, 5) is 22.5. The molecule has 2 amide bonds. The minimum atomic E-state index is -0.259. The Balaban J connectivity index is 1.41. The van der Waals surface area contributed by atoms with Gasteiger partial charge in [-0.1, -0.05) is 5.16 Å². The summed E-state index contributed by atoms with van der Waals surface area (Å²) in [5, 5.41) is 11.4. The highest BCUT2D eigenvalue weighted by Crippen LogP contribution is 2.40. The summed E-state index contributed by atoms with van der Waals surface area (Å²) in [6, 6.07) is 5.55. The van der Waals surface area contributed by atoms with E-state index in [1.807, 2.05) is 23.7 Å². The van der Waals surface area contributed by atoms with Gasteiger partial charge < -0.3 is 9.42 Å². The average molecular weight is 381 g/mol. The molecule has 0 spiro atoms. The molecule has 1 N–H and O–H groups in total. The van der Waals surface area contributed by atoms with Crippen molar-refractivity contribution in [3.63, 3.8) is 0 Å². The zero-order valence-electron chi connectivity index (χ0n) is 16.2. The predicted octanol–water partition coefficient (Wildman–Crippen LogP) is 3.27. The van der Waals surface area contributed by atoms with Crippen molar-refractivity contribution in [1.82, 2.24) is 29.8 Å². The quantitative estimate of drug-likeness (QED) is 0.703. The second kappa shape index (κ2) is 7.41. The molecule has 0 saturated heterocycles. The molecule has 28 heavy (non-hydrogen) atoms. The molecule has 1 atom stereocenters. The van der Waals surface area contributed by atoms with Gasteiger partial charge in [0.15, 0.2) is 0 Å². The van der Waals surface area contributed by atoms with E-state index in [-0.39, 0.29) is 18.6 Å². The third kappa shape index (κ3) is 3.88. The molecule has 0 radical (unpaired) electrons. The van der Waals surface area contributed by atoms with E-state index in [0.29, 0.717) is 23.5 Å². The molecule has 1 aliphatic carbocycles. The smallest absolute Gasteiger partial charge is 0.323 e. The average Bonchev–Trinajstić information content (AvgIpc) is 3.34. The summed E-state index contributed by atoms with van der Waals surface area (Å²) in [6.45, 7) is 4.26. The molecule has 4 rings (SSSR count). The fourth-order valence-corrected chi connectivity index (χ4v) is 3.11. The Kier molecular flexibility index (Phi) is 4.81. The lowest BCUT2D eigenvalue weighted by Gasteiger charge is -2.19. The number of urea groups is 1. The van der Waals surface area contributed by atoms with Crippen LogP contribution < -0.4 is 5.32 Å². The number of amides is 2. The van der Waals surface area contributed by atoms with Crippen molar-refractivity contribution in [3.05, 3.63) is 42.2 Å². The molecule has 9 nitrogen and oxygen atoms in total. The maximum Gasteiger partial charge on any atom is 0.323 e. The van der Waals surface area contributed by atoms with Crippen molar-refractivity contribution in [2.45, 2.75) is 39.3 Å². The van der Waals surface area contributed by atoms with Crippen LogP contribution in [-0.4, -0.2) is 42.9 Å². The van der Waals surface area contributed by atoms with Gasteiger partial charge in [-0.05, 0) is 44.7 Å². The van der Waals surface area contributed by atoms with Gasteiger partial charge in [0, 0.05) is 31.1 Å². The lowest BCUT2D eigenvalue weighted by molar-refractivity contribution is 0.212. The van der Waals surface area contributed by atoms with Gasteiger partial charge >= 0.3 is 6.03 Å². The molecule has 1 saturated carbocycles. The van der Waals surface area contributed by atoms with E-state index in [2.05, 4.69) is 32.5 Å². The Bertz CT molecular complexity index is 962. The molecule has 1 unspecified atom stereocenters. The number of nitrogens with zero attached hydrogens (tertiary/aromatic N) is 6. The molecule has 3 heterocycles. The maximum atomic E-state index is 12.6. The van der Waals surface area contributed by atoms with E-state index in [0.717, 1.165) is 11.3 Å². The van der Waals surface area contributed by atoms with Crippen molar-refractivity contribution in [3.8, 4) is 11.4 Å². The SMILES string of the molecule is Cc1cc(NC(=O)N(C)Cc2nc(-c3cccnc3)no2)n(C(C)C2CC2)n1. The largest absolute Gasteiger partial charge is 0.337 e. The topological polar surface area (TPSA) is 102 Å². The number of hydrogen-bond acceptors (Lipinski definition) is 6. The number of nitrogens with one attached hydrogen (secondary N) is 1. The van der Waals surface area contributed by atoms with E-state index < -0.39 is 0 Å². The van der Waals surface area contributed by atoms with E-state index in [1.54, 1.807) is 25.5 Å². The Morgan fingerprint density at radius 1 is 1.46 bits per heavy atom. The number of carbonyl (C=O) groups excluding carboxylic acids is 1. The first-order chi connectivity index (χ1) is 13.5. The molecule has 9 heteroatoms. The standard InChI is InChI=1S/C19H23N7O2/c1-12-9-16(26(23-12)13(2)14-6-7-14)21-19(27)25(3)11-17-22-18(24-28-17)15-5-4-8-20-10-15/h4-5,8-10,13-14H,6-7,11H2,1-3H3,(H,21,27). The monoisotopic (exact) mass is 381 g/mol. The van der Waals surface area contributed by atoms with E-state index in [9.17, 15) is 4.79 Å². The van der Waals surface area contributed by atoms with Crippen molar-refractivity contribution in [1.29, 1.82) is 0 Å². The Labute approximate surface area is 162 Å². The summed E-state index contributed by atoms with van der Waals surface area (Å²) < 4.78 is 7.18. The summed E-state index contributed by atoms with van der Waals surface area (Å²) >= 11 is 0. The van der Waals surface area contributed by atoms with Gasteiger partial charge in [-0.15, -0.1) is 0 Å². The Morgan fingerprint density at radius 3 is 3.00 bits per heavy atom. The van der Waals surface area contributed by atoms with Gasteiger partial charge in [0.1, 0.15) is 12.4 Å². The molecular weight excluding hydrogens is 358 g/mol. The first kappa shape index (κ1) is 18.1. The van der Waals surface area contributed by atoms with Crippen LogP contribution in [0.15, 0.2) is 35.1 Å². The summed E-state index contributed by atoms with van der Waals surface area (Å²) in [6.07, 6.45) is 5.77. The minimum Gasteiger partial charge on any atom is -0.337 e. The third-order valence-corrected chi connectivity index (χ3v) is 4.89. The van der Waals surface area contributed by atoms with Crippen molar-refractivity contribution in [2.24, 2.45) is 5.92 Å². The van der Waals surface area contributed by atoms with Crippen LogP contribution in [0.25, 0.3) is 11.4 Å². The van der Waals surface area contributed by atoms with E-state index >= 15 is 0 Å². The number of aromatic nitrogens is 5. The lowest BCUT2D eigenvalue weighted by atomic mass is 10.2. The van der Waals surface area contributed by atoms with Crippen LogP contribution >= 0.6 is 0 Å². The van der Waals surface area contributed by atoms with Crippen LogP contribution in [-0.2, 0) is 6.54 Å². The van der Waals surface area contributed by atoms with E-state index in [4.69, 9.17) is 4.52 Å². The third-order valence-electron chi connectivity index (χ3n) is 4.89. The molecule has 146 valence electrons. The van der Waals surface area contributed by atoms with Crippen molar-refractivity contribution in [2.75, 3.05) is 12.4 Å². The minimum absolute atomic E-state index is 0.199. The fourth-order valence-electron chi connectivity index (χ4n) is 3.11. The predicted molar refractivity (Wildman–Crippen MR) is 102 cm³/mol. The highest BCUT2D eigenvalue weighted by molar-refractivity contribution is 5.88. The van der Waals surface area contributed by atoms with Crippen LogP contribution in [0.4, 0.5) is 10.6 Å². The molecule has 3 aromatic heterocycles. The number of pyridine rings is 1. The van der Waals surface area contributed by atoms with Crippen LogP contribution in [0.3, 0.4) is 0 Å². The summed E-state index contributed by atoms with van der Waals surface area (Å²) in [7, 11) is 1.68. The molecular formula is C19H23N7O2. The van der Waals surface area contributed by atoms with Gasteiger partial charge in [0.2, 0.25) is 11.7 Å². The second-order valence-corrected chi connectivity index (χ2v) is 7.23. The molecule has 1 aliphatic rings. The number of aryl methyl sites for hydroxylation is 1. The van der Waals surface area contributed by atoms with Crippen LogP contribution in [0, 0.1) is 12.8 Å². The normalized spacial score (nSPS) is 14.7. The zero-order valence-corrected chi connectivity index (χ0v) is 16.2. The van der Waals surface area contributed by atoms with E-state index in [1.165, 1.54) is 17.7 Å². The zero-order chi connectivity index (χ0) is 19.7. The number of hydrogen-bond donors (Lipinski definition) is 1. The van der Waals surface area contributed by atoms with Crippen LogP contribution in [0.2, 0.25) is 0 Å². The number of anilines is 1. The number of rotatable bonds is 6. The first-order valence-electron chi connectivity index (χ1n) is 9.32. The number of carbonyl (C=O) groups is 1. The van der Waals surface area contributed by atoms with Gasteiger partial charge in [-0.2, -0.15) is 10.1 Å². The van der Waals surface area contributed by atoms with Crippen molar-refractivity contribution < 1.29 is 9.32 Å².